The van der Waals surface area contributed by atoms with Crippen molar-refractivity contribution in [3.63, 3.8) is 0 Å². The van der Waals surface area contributed by atoms with Crippen molar-refractivity contribution in [1.29, 1.82) is 0 Å². The molecule has 7 heteroatoms. The second kappa shape index (κ2) is 5.62. The van der Waals surface area contributed by atoms with Crippen molar-refractivity contribution in [2.75, 3.05) is 13.7 Å². The number of aromatic nitrogens is 1. The summed E-state index contributed by atoms with van der Waals surface area (Å²) in [6.45, 7) is -0.428. The van der Waals surface area contributed by atoms with Crippen LogP contribution in [0.5, 0.6) is 0 Å². The third-order valence-corrected chi connectivity index (χ3v) is 3.07. The van der Waals surface area contributed by atoms with Crippen molar-refractivity contribution in [2.45, 2.75) is 24.4 Å². The highest BCUT2D eigenvalue weighted by molar-refractivity contribution is 5.88. The number of esters is 1. The molecule has 1 aromatic heterocycles. The summed E-state index contributed by atoms with van der Waals surface area (Å²) in [7, 11) is 1.22. The number of pyridine rings is 1. The Morgan fingerprint density at radius 3 is 2.79 bits per heavy atom. The summed E-state index contributed by atoms with van der Waals surface area (Å²) in [6, 6.07) is 3.14. The molecule has 3 N–H and O–H groups in total. The van der Waals surface area contributed by atoms with E-state index in [-0.39, 0.29) is 5.69 Å². The molecule has 1 aromatic rings. The summed E-state index contributed by atoms with van der Waals surface area (Å²) in [5.74, 6) is -0.659. The summed E-state index contributed by atoms with van der Waals surface area (Å²) in [5, 5.41) is 28.7. The first kappa shape index (κ1) is 13.9. The first-order valence-corrected chi connectivity index (χ1v) is 5.75. The standard InChI is InChI=1S/C12H15NO6/c1-18-12(17)8-6(3-2-4-13-8)11-10(16)9(15)7(5-14)19-11/h2-4,7,9-11,14-16H,5H2,1H3/t7-,9-,10-,11+/m1/s1. The van der Waals surface area contributed by atoms with E-state index in [1.165, 1.54) is 13.3 Å². The van der Waals surface area contributed by atoms with E-state index >= 15 is 0 Å². The largest absolute Gasteiger partial charge is 0.464 e. The molecule has 2 heterocycles. The summed E-state index contributed by atoms with van der Waals surface area (Å²) in [4.78, 5) is 15.5. The van der Waals surface area contributed by atoms with Crippen LogP contribution in [0.3, 0.4) is 0 Å². The number of rotatable bonds is 3. The Bertz CT molecular complexity index is 465. The first-order valence-electron chi connectivity index (χ1n) is 5.75. The topological polar surface area (TPSA) is 109 Å². The molecule has 1 aliphatic heterocycles. The van der Waals surface area contributed by atoms with Crippen LogP contribution in [0.4, 0.5) is 0 Å². The predicted molar refractivity (Wildman–Crippen MR) is 62.3 cm³/mol. The molecular weight excluding hydrogens is 254 g/mol. The van der Waals surface area contributed by atoms with Crippen LogP contribution in [0.25, 0.3) is 0 Å². The number of hydrogen-bond donors (Lipinski definition) is 3. The van der Waals surface area contributed by atoms with Crippen molar-refractivity contribution in [3.8, 4) is 0 Å². The van der Waals surface area contributed by atoms with Crippen molar-refractivity contribution in [1.82, 2.24) is 4.98 Å². The average molecular weight is 269 g/mol. The van der Waals surface area contributed by atoms with Crippen molar-refractivity contribution >= 4 is 5.97 Å². The Balaban J connectivity index is 2.35. The number of nitrogens with zero attached hydrogens (tertiary/aromatic N) is 1. The smallest absolute Gasteiger partial charge is 0.357 e. The van der Waals surface area contributed by atoms with Gasteiger partial charge in [0.2, 0.25) is 0 Å². The maximum atomic E-state index is 11.6. The highest BCUT2D eigenvalue weighted by atomic mass is 16.6. The SMILES string of the molecule is COC(=O)c1ncccc1[C@@H]1O[C@H](CO)[C@@H](O)[C@H]1O. The van der Waals surface area contributed by atoms with Crippen LogP contribution in [0.15, 0.2) is 18.3 Å². The lowest BCUT2D eigenvalue weighted by molar-refractivity contribution is -0.0231. The van der Waals surface area contributed by atoms with Gasteiger partial charge in [-0.15, -0.1) is 0 Å². The number of methoxy groups -OCH3 is 1. The van der Waals surface area contributed by atoms with Crippen LogP contribution in [-0.4, -0.2) is 58.3 Å². The van der Waals surface area contributed by atoms with Crippen LogP contribution in [-0.2, 0) is 9.47 Å². The molecule has 0 aromatic carbocycles. The van der Waals surface area contributed by atoms with E-state index in [1.54, 1.807) is 12.1 Å². The van der Waals surface area contributed by atoms with Crippen LogP contribution in [0.2, 0.25) is 0 Å². The minimum absolute atomic E-state index is 0.0137. The zero-order valence-corrected chi connectivity index (χ0v) is 10.3. The van der Waals surface area contributed by atoms with Crippen molar-refractivity contribution in [2.24, 2.45) is 0 Å². The van der Waals surface area contributed by atoms with Gasteiger partial charge in [0.25, 0.3) is 0 Å². The summed E-state index contributed by atoms with van der Waals surface area (Å²) in [6.07, 6.45) is -2.89. The molecule has 1 saturated heterocycles. The molecule has 1 fully saturated rings. The van der Waals surface area contributed by atoms with Crippen LogP contribution in [0.1, 0.15) is 22.2 Å². The normalized spacial score (nSPS) is 30.3. The fourth-order valence-corrected chi connectivity index (χ4v) is 2.07. The second-order valence-electron chi connectivity index (χ2n) is 4.19. The van der Waals surface area contributed by atoms with Gasteiger partial charge in [0.1, 0.15) is 24.4 Å². The Morgan fingerprint density at radius 1 is 1.47 bits per heavy atom. The van der Waals surface area contributed by atoms with Gasteiger partial charge in [-0.2, -0.15) is 0 Å². The van der Waals surface area contributed by atoms with Gasteiger partial charge < -0.3 is 24.8 Å². The Labute approximate surface area is 109 Å². The summed E-state index contributed by atoms with van der Waals surface area (Å²) < 4.78 is 9.96. The molecule has 0 unspecified atom stereocenters. The van der Waals surface area contributed by atoms with Gasteiger partial charge in [0.05, 0.1) is 13.7 Å². The van der Waals surface area contributed by atoms with Gasteiger partial charge >= 0.3 is 5.97 Å². The molecular formula is C12H15NO6. The number of carbonyl (C=O) groups is 1. The molecule has 2 rings (SSSR count). The van der Waals surface area contributed by atoms with Gasteiger partial charge in [0, 0.05) is 11.8 Å². The zero-order valence-electron chi connectivity index (χ0n) is 10.3. The lowest BCUT2D eigenvalue weighted by atomic mass is 10.0. The lowest BCUT2D eigenvalue weighted by Crippen LogP contribution is -2.32. The monoisotopic (exact) mass is 269 g/mol. The molecule has 7 nitrogen and oxygen atoms in total. The first-order chi connectivity index (χ1) is 9.10. The van der Waals surface area contributed by atoms with Gasteiger partial charge in [0.15, 0.2) is 5.69 Å². The van der Waals surface area contributed by atoms with E-state index in [2.05, 4.69) is 9.72 Å². The Kier molecular flexibility index (Phi) is 4.11. The average Bonchev–Trinajstić information content (AvgIpc) is 2.74. The Hall–Kier alpha value is -1.54. The van der Waals surface area contributed by atoms with E-state index in [1.807, 2.05) is 0 Å². The number of ether oxygens (including phenoxy) is 2. The molecule has 104 valence electrons. The van der Waals surface area contributed by atoms with Gasteiger partial charge in [-0.1, -0.05) is 6.07 Å². The number of aliphatic hydroxyl groups is 3. The highest BCUT2D eigenvalue weighted by Crippen LogP contribution is 2.34. The molecule has 19 heavy (non-hydrogen) atoms. The zero-order chi connectivity index (χ0) is 14.0. The van der Waals surface area contributed by atoms with Crippen LogP contribution < -0.4 is 0 Å². The number of hydrogen-bond acceptors (Lipinski definition) is 7. The van der Waals surface area contributed by atoms with Crippen molar-refractivity contribution in [3.05, 3.63) is 29.6 Å². The minimum atomic E-state index is -1.25. The third kappa shape index (κ3) is 2.45. The Morgan fingerprint density at radius 2 is 2.21 bits per heavy atom. The molecule has 0 bridgehead atoms. The van der Waals surface area contributed by atoms with Crippen molar-refractivity contribution < 1.29 is 29.6 Å². The van der Waals surface area contributed by atoms with Gasteiger partial charge in [-0.3, -0.25) is 0 Å². The third-order valence-electron chi connectivity index (χ3n) is 3.07. The predicted octanol–water partition coefficient (Wildman–Crippen LogP) is -0.978. The quantitative estimate of drug-likeness (QED) is 0.605. The maximum Gasteiger partial charge on any atom is 0.357 e. The highest BCUT2D eigenvalue weighted by Gasteiger charge is 2.44. The molecule has 0 spiro atoms. The number of aliphatic hydroxyl groups excluding tert-OH is 3. The van der Waals surface area contributed by atoms with Gasteiger partial charge in [-0.25, -0.2) is 9.78 Å². The lowest BCUT2D eigenvalue weighted by Gasteiger charge is -2.16. The van der Waals surface area contributed by atoms with E-state index in [9.17, 15) is 15.0 Å². The second-order valence-corrected chi connectivity index (χ2v) is 4.19. The maximum absolute atomic E-state index is 11.6. The van der Waals surface area contributed by atoms with Crippen LogP contribution in [0, 0.1) is 0 Å². The summed E-state index contributed by atoms with van der Waals surface area (Å²) >= 11 is 0. The van der Waals surface area contributed by atoms with E-state index in [4.69, 9.17) is 9.84 Å². The molecule has 1 aliphatic rings. The summed E-state index contributed by atoms with van der Waals surface area (Å²) in [5.41, 5.74) is 0.330. The molecule has 4 atom stereocenters. The van der Waals surface area contributed by atoms with E-state index < -0.39 is 37.0 Å². The molecule has 0 amide bonds. The molecule has 0 saturated carbocycles. The minimum Gasteiger partial charge on any atom is -0.464 e. The fraction of sp³-hybridized carbons (Fsp3) is 0.500. The van der Waals surface area contributed by atoms with E-state index in [0.717, 1.165) is 0 Å². The molecule has 0 aliphatic carbocycles. The molecule has 0 radical (unpaired) electrons. The van der Waals surface area contributed by atoms with E-state index in [0.29, 0.717) is 5.56 Å². The van der Waals surface area contributed by atoms with Crippen LogP contribution >= 0.6 is 0 Å². The van der Waals surface area contributed by atoms with Gasteiger partial charge in [-0.05, 0) is 6.07 Å². The fourth-order valence-electron chi connectivity index (χ4n) is 2.07. The number of carbonyl (C=O) groups excluding carboxylic acids is 1.